The van der Waals surface area contributed by atoms with Gasteiger partial charge in [-0.15, -0.1) is 0 Å². The SMILES string of the molecule is CN(C)C(=O)c1cn[nH]c1-c1cc2n([nH]1)c(=O)c(C(=O)NC1CC1)c(O)[n+]2CC(C)(C)C. The van der Waals surface area contributed by atoms with Gasteiger partial charge in [0.25, 0.3) is 11.8 Å². The molecule has 4 rings (SSSR count). The van der Waals surface area contributed by atoms with Crippen molar-refractivity contribution in [3.63, 3.8) is 0 Å². The number of aromatic amines is 2. The molecule has 0 bridgehead atoms. The molecule has 32 heavy (non-hydrogen) atoms. The van der Waals surface area contributed by atoms with E-state index in [0.717, 1.165) is 12.8 Å². The number of carbonyl (C=O) groups excluding carboxylic acids is 2. The topological polar surface area (TPSA) is 139 Å². The van der Waals surface area contributed by atoms with Gasteiger partial charge in [-0.1, -0.05) is 25.3 Å². The van der Waals surface area contributed by atoms with Gasteiger partial charge in [-0.2, -0.15) is 9.67 Å². The second-order valence-corrected chi connectivity index (χ2v) is 9.62. The third-order valence-electron chi connectivity index (χ3n) is 5.22. The molecule has 3 aromatic heterocycles. The van der Waals surface area contributed by atoms with E-state index in [0.29, 0.717) is 29.1 Å². The number of aromatic nitrogens is 5. The maximum Gasteiger partial charge on any atom is 0.378 e. The molecule has 4 N–H and O–H groups in total. The summed E-state index contributed by atoms with van der Waals surface area (Å²) in [6.45, 7) is 6.31. The maximum absolute atomic E-state index is 13.2. The molecule has 0 radical (unpaired) electrons. The summed E-state index contributed by atoms with van der Waals surface area (Å²) in [5, 5.41) is 23.5. The molecule has 0 spiro atoms. The minimum Gasteiger partial charge on any atom is -0.477 e. The fourth-order valence-corrected chi connectivity index (χ4v) is 3.54. The minimum atomic E-state index is -0.674. The lowest BCUT2D eigenvalue weighted by Crippen LogP contribution is -2.47. The molecule has 0 atom stereocenters. The van der Waals surface area contributed by atoms with Crippen molar-refractivity contribution in [2.75, 3.05) is 14.1 Å². The number of aromatic hydroxyl groups is 1. The van der Waals surface area contributed by atoms with Crippen LogP contribution in [-0.2, 0) is 6.54 Å². The van der Waals surface area contributed by atoms with E-state index in [1.54, 1.807) is 20.2 Å². The number of amides is 2. The van der Waals surface area contributed by atoms with Crippen molar-refractivity contribution in [1.29, 1.82) is 0 Å². The molecule has 0 saturated heterocycles. The molecular weight excluding hydrogens is 414 g/mol. The summed E-state index contributed by atoms with van der Waals surface area (Å²) in [7, 11) is 3.27. The van der Waals surface area contributed by atoms with Crippen molar-refractivity contribution in [2.24, 2.45) is 5.41 Å². The van der Waals surface area contributed by atoms with Crippen molar-refractivity contribution >= 4 is 17.5 Å². The summed E-state index contributed by atoms with van der Waals surface area (Å²) in [6.07, 6.45) is 3.13. The second-order valence-electron chi connectivity index (χ2n) is 9.62. The van der Waals surface area contributed by atoms with E-state index in [1.165, 1.54) is 20.2 Å². The Hall–Kier alpha value is -3.63. The summed E-state index contributed by atoms with van der Waals surface area (Å²) in [5.41, 5.74) is 0.255. The molecule has 170 valence electrons. The Labute approximate surface area is 184 Å². The second kappa shape index (κ2) is 7.50. The number of hydrogen-bond acceptors (Lipinski definition) is 5. The first-order chi connectivity index (χ1) is 15.0. The maximum atomic E-state index is 13.2. The van der Waals surface area contributed by atoms with Crippen LogP contribution < -0.4 is 15.4 Å². The van der Waals surface area contributed by atoms with Crippen LogP contribution in [0.25, 0.3) is 17.0 Å². The lowest BCUT2D eigenvalue weighted by atomic mass is 9.96. The summed E-state index contributed by atoms with van der Waals surface area (Å²) in [6, 6.07) is 1.68. The van der Waals surface area contributed by atoms with Gasteiger partial charge in [0.05, 0.1) is 30.1 Å². The molecular formula is C21H28N7O4+. The van der Waals surface area contributed by atoms with Gasteiger partial charge in [-0.25, -0.2) is 9.89 Å². The third kappa shape index (κ3) is 3.85. The Morgan fingerprint density at radius 1 is 1.34 bits per heavy atom. The Balaban J connectivity index is 1.93. The molecule has 0 aliphatic heterocycles. The fraction of sp³-hybridized carbons (Fsp3) is 0.476. The number of H-pyrrole nitrogens is 2. The van der Waals surface area contributed by atoms with E-state index in [9.17, 15) is 19.5 Å². The molecule has 3 aromatic rings. The van der Waals surface area contributed by atoms with Gasteiger partial charge in [-0.05, 0) is 18.3 Å². The molecule has 0 unspecified atom stereocenters. The van der Waals surface area contributed by atoms with Crippen LogP contribution in [0.3, 0.4) is 0 Å². The summed E-state index contributed by atoms with van der Waals surface area (Å²) < 4.78 is 2.75. The smallest absolute Gasteiger partial charge is 0.378 e. The molecule has 1 aliphatic rings. The lowest BCUT2D eigenvalue weighted by Gasteiger charge is -2.17. The van der Waals surface area contributed by atoms with Crippen molar-refractivity contribution in [2.45, 2.75) is 46.2 Å². The van der Waals surface area contributed by atoms with Crippen LogP contribution in [-0.4, -0.2) is 61.8 Å². The molecule has 2 amide bonds. The average molecular weight is 443 g/mol. The minimum absolute atomic E-state index is 0.0295. The number of carbonyl (C=O) groups is 2. The molecule has 11 nitrogen and oxygen atoms in total. The van der Waals surface area contributed by atoms with Gasteiger partial charge >= 0.3 is 17.1 Å². The normalized spacial score (nSPS) is 14.0. The lowest BCUT2D eigenvalue weighted by molar-refractivity contribution is -0.692. The molecule has 1 fully saturated rings. The number of nitrogens with one attached hydrogen (secondary N) is 3. The highest BCUT2D eigenvalue weighted by Crippen LogP contribution is 2.24. The standard InChI is InChI=1S/C21H27N7O4/c1-21(2,3)10-27-14-8-13(16-12(9-22-24-16)18(30)26(4)5)25-28(14)20(32)15(19(27)31)17(29)23-11-6-7-11/h8-9,11H,6-7,10H2,1-5H3,(H3,22,23,24,25,29,30,31,32)/p+1. The van der Waals surface area contributed by atoms with Crippen LogP contribution in [0.2, 0.25) is 0 Å². The number of rotatable bonds is 5. The van der Waals surface area contributed by atoms with Crippen LogP contribution >= 0.6 is 0 Å². The fourth-order valence-electron chi connectivity index (χ4n) is 3.54. The van der Waals surface area contributed by atoms with Crippen molar-refractivity contribution < 1.29 is 19.3 Å². The van der Waals surface area contributed by atoms with Gasteiger partial charge in [0.2, 0.25) is 5.56 Å². The summed E-state index contributed by atoms with van der Waals surface area (Å²) in [5.74, 6) is -1.24. The highest BCUT2D eigenvalue weighted by Gasteiger charge is 2.35. The first kappa shape index (κ1) is 21.6. The van der Waals surface area contributed by atoms with Crippen molar-refractivity contribution in [3.8, 4) is 17.3 Å². The number of fused-ring (bicyclic) bond motifs is 1. The largest absolute Gasteiger partial charge is 0.477 e. The zero-order valence-corrected chi connectivity index (χ0v) is 18.8. The van der Waals surface area contributed by atoms with Gasteiger partial charge in [0.1, 0.15) is 5.69 Å². The number of nitrogens with zero attached hydrogens (tertiary/aromatic N) is 4. The molecule has 3 heterocycles. The van der Waals surface area contributed by atoms with E-state index < -0.39 is 11.5 Å². The Bertz CT molecular complexity index is 1270. The van der Waals surface area contributed by atoms with E-state index in [-0.39, 0.29) is 28.8 Å². The predicted molar refractivity (Wildman–Crippen MR) is 115 cm³/mol. The van der Waals surface area contributed by atoms with Crippen LogP contribution in [0, 0.1) is 5.41 Å². The van der Waals surface area contributed by atoms with Gasteiger partial charge in [0, 0.05) is 20.1 Å². The first-order valence-corrected chi connectivity index (χ1v) is 10.4. The van der Waals surface area contributed by atoms with Crippen LogP contribution in [0.4, 0.5) is 0 Å². The Kier molecular flexibility index (Phi) is 5.06. The quantitative estimate of drug-likeness (QED) is 0.430. The third-order valence-corrected chi connectivity index (χ3v) is 5.22. The van der Waals surface area contributed by atoms with E-state index in [1.807, 2.05) is 20.8 Å². The highest BCUT2D eigenvalue weighted by molar-refractivity contribution is 5.99. The predicted octanol–water partition coefficient (Wildman–Crippen LogP) is 0.651. The van der Waals surface area contributed by atoms with Crippen molar-refractivity contribution in [1.82, 2.24) is 30.0 Å². The zero-order valence-electron chi connectivity index (χ0n) is 18.8. The first-order valence-electron chi connectivity index (χ1n) is 10.4. The van der Waals surface area contributed by atoms with Crippen LogP contribution in [0.1, 0.15) is 54.3 Å². The van der Waals surface area contributed by atoms with Gasteiger partial charge in [-0.3, -0.25) is 14.7 Å². The monoisotopic (exact) mass is 442 g/mol. The van der Waals surface area contributed by atoms with Gasteiger partial charge < -0.3 is 15.3 Å². The Morgan fingerprint density at radius 2 is 2.03 bits per heavy atom. The highest BCUT2D eigenvalue weighted by atomic mass is 16.3. The number of hydrogen-bond donors (Lipinski definition) is 4. The van der Waals surface area contributed by atoms with Crippen LogP contribution in [0.5, 0.6) is 5.88 Å². The molecule has 1 saturated carbocycles. The summed E-state index contributed by atoms with van der Waals surface area (Å²) in [4.78, 5) is 39.9. The van der Waals surface area contributed by atoms with Crippen LogP contribution in [0.15, 0.2) is 17.1 Å². The van der Waals surface area contributed by atoms with Crippen molar-refractivity contribution in [3.05, 3.63) is 33.7 Å². The van der Waals surface area contributed by atoms with E-state index in [4.69, 9.17) is 0 Å². The Morgan fingerprint density at radius 3 is 2.62 bits per heavy atom. The average Bonchev–Trinajstić information content (AvgIpc) is 3.20. The van der Waals surface area contributed by atoms with E-state index in [2.05, 4.69) is 20.6 Å². The molecule has 1 aliphatic carbocycles. The zero-order chi connectivity index (χ0) is 23.4. The molecule has 0 aromatic carbocycles. The van der Waals surface area contributed by atoms with Gasteiger partial charge in [0.15, 0.2) is 0 Å². The molecule has 11 heteroatoms. The van der Waals surface area contributed by atoms with E-state index >= 15 is 0 Å². The summed E-state index contributed by atoms with van der Waals surface area (Å²) >= 11 is 0.